The van der Waals surface area contributed by atoms with E-state index in [-0.39, 0.29) is 11.1 Å². The van der Waals surface area contributed by atoms with E-state index in [4.69, 9.17) is 18.9 Å². The van der Waals surface area contributed by atoms with Crippen LogP contribution in [0.1, 0.15) is 40.1 Å². The van der Waals surface area contributed by atoms with Gasteiger partial charge in [-0.3, -0.25) is 0 Å². The van der Waals surface area contributed by atoms with E-state index in [2.05, 4.69) is 0 Å². The molecule has 146 valence electrons. The van der Waals surface area contributed by atoms with Crippen LogP contribution < -0.4 is 9.47 Å². The van der Waals surface area contributed by atoms with Crippen LogP contribution in [-0.2, 0) is 9.47 Å². The Bertz CT molecular complexity index is 954. The zero-order chi connectivity index (χ0) is 20.5. The summed E-state index contributed by atoms with van der Waals surface area (Å²) >= 11 is 0. The molecule has 6 nitrogen and oxygen atoms in total. The summed E-state index contributed by atoms with van der Waals surface area (Å²) in [5, 5.41) is 0. The fraction of sp³-hybridized carbons (Fsp3) is 0.273. The van der Waals surface area contributed by atoms with Crippen LogP contribution in [0, 0.1) is 0 Å². The van der Waals surface area contributed by atoms with Crippen molar-refractivity contribution in [1.29, 1.82) is 0 Å². The summed E-state index contributed by atoms with van der Waals surface area (Å²) in [6.45, 7) is 3.73. The first kappa shape index (κ1) is 19.5. The molecule has 0 aromatic heterocycles. The number of ether oxygens (including phenoxy) is 4. The molecule has 0 saturated heterocycles. The largest absolute Gasteiger partial charge is 0.497 e. The Morgan fingerprint density at radius 2 is 1.54 bits per heavy atom. The van der Waals surface area contributed by atoms with Crippen molar-refractivity contribution >= 4 is 18.0 Å². The number of carbonyl (C=O) groups excluding carboxylic acids is 2. The van der Waals surface area contributed by atoms with Crippen LogP contribution in [0.5, 0.6) is 11.5 Å². The third-order valence-corrected chi connectivity index (χ3v) is 4.52. The zero-order valence-electron chi connectivity index (χ0n) is 16.5. The van der Waals surface area contributed by atoms with Crippen LogP contribution in [0.4, 0.5) is 0 Å². The summed E-state index contributed by atoms with van der Waals surface area (Å²) in [6.07, 6.45) is 3.77. The number of rotatable bonds is 4. The van der Waals surface area contributed by atoms with E-state index in [1.807, 2.05) is 44.2 Å². The van der Waals surface area contributed by atoms with Crippen LogP contribution in [0.15, 0.2) is 36.4 Å². The summed E-state index contributed by atoms with van der Waals surface area (Å²) in [4.78, 5) is 25.4. The second-order valence-corrected chi connectivity index (χ2v) is 6.84. The first-order valence-electron chi connectivity index (χ1n) is 8.71. The number of methoxy groups -OCH3 is 3. The maximum absolute atomic E-state index is 12.7. The third-order valence-electron chi connectivity index (χ3n) is 4.52. The lowest BCUT2D eigenvalue weighted by Gasteiger charge is -2.30. The Balaban J connectivity index is 2.35. The highest BCUT2D eigenvalue weighted by Crippen LogP contribution is 2.41. The Labute approximate surface area is 163 Å². The van der Waals surface area contributed by atoms with Gasteiger partial charge in [0.05, 0.1) is 26.9 Å². The average Bonchev–Trinajstić information content (AvgIpc) is 2.70. The second kappa shape index (κ2) is 7.38. The predicted molar refractivity (Wildman–Crippen MR) is 105 cm³/mol. The highest BCUT2D eigenvalue weighted by Gasteiger charge is 2.33. The number of hydrogen-bond donors (Lipinski definition) is 0. The number of benzene rings is 2. The van der Waals surface area contributed by atoms with Crippen molar-refractivity contribution in [1.82, 2.24) is 0 Å². The van der Waals surface area contributed by atoms with Gasteiger partial charge in [-0.25, -0.2) is 9.59 Å². The van der Waals surface area contributed by atoms with E-state index >= 15 is 0 Å². The predicted octanol–water partition coefficient (Wildman–Crippen LogP) is 4.12. The monoisotopic (exact) mass is 382 g/mol. The van der Waals surface area contributed by atoms with Gasteiger partial charge in [-0.2, -0.15) is 0 Å². The Kier molecular flexibility index (Phi) is 5.14. The minimum atomic E-state index is -0.668. The molecule has 1 aliphatic heterocycles. The summed E-state index contributed by atoms with van der Waals surface area (Å²) in [6, 6.07) is 8.99. The Hall–Kier alpha value is -3.28. The molecule has 3 rings (SSSR count). The molecule has 0 atom stereocenters. The zero-order valence-corrected chi connectivity index (χ0v) is 16.5. The van der Waals surface area contributed by atoms with E-state index < -0.39 is 17.5 Å². The van der Waals surface area contributed by atoms with E-state index in [9.17, 15) is 9.59 Å². The van der Waals surface area contributed by atoms with Crippen molar-refractivity contribution in [2.24, 2.45) is 0 Å². The molecule has 2 aromatic rings. The molecule has 2 aromatic carbocycles. The maximum Gasteiger partial charge on any atom is 0.342 e. The normalized spacial score (nSPS) is 13.9. The first-order chi connectivity index (χ1) is 13.3. The van der Waals surface area contributed by atoms with Gasteiger partial charge in [0, 0.05) is 5.56 Å². The SMILES string of the molecule is COC(=O)c1c(-c2ccc(OC)cc2)cc2c(c1C(=O)OC)OC(C)(C)C=C2. The molecule has 0 unspecified atom stereocenters. The second-order valence-electron chi connectivity index (χ2n) is 6.84. The van der Waals surface area contributed by atoms with Gasteiger partial charge in [-0.05, 0) is 49.2 Å². The summed E-state index contributed by atoms with van der Waals surface area (Å²) in [5.41, 5.74) is 1.47. The van der Waals surface area contributed by atoms with Gasteiger partial charge in [0.15, 0.2) is 0 Å². The number of fused-ring (bicyclic) bond motifs is 1. The van der Waals surface area contributed by atoms with E-state index in [1.54, 1.807) is 19.2 Å². The highest BCUT2D eigenvalue weighted by atomic mass is 16.5. The molecule has 1 heterocycles. The number of hydrogen-bond acceptors (Lipinski definition) is 6. The van der Waals surface area contributed by atoms with Gasteiger partial charge in [-0.15, -0.1) is 0 Å². The summed E-state index contributed by atoms with van der Waals surface area (Å²) in [5.74, 6) is -0.334. The molecule has 0 bridgehead atoms. The van der Waals surface area contributed by atoms with Crippen LogP contribution in [0.2, 0.25) is 0 Å². The molecule has 0 amide bonds. The lowest BCUT2D eigenvalue weighted by molar-refractivity contribution is 0.0545. The van der Waals surface area contributed by atoms with E-state index in [1.165, 1.54) is 14.2 Å². The van der Waals surface area contributed by atoms with Gasteiger partial charge in [0.2, 0.25) is 0 Å². The standard InChI is InChI=1S/C22H22O6/c1-22(2)11-10-14-12-16(13-6-8-15(25-3)9-7-13)17(20(23)26-4)18(19(14)28-22)21(24)27-5/h6-12H,1-5H3. The van der Waals surface area contributed by atoms with E-state index in [0.717, 1.165) is 5.56 Å². The van der Waals surface area contributed by atoms with Crippen molar-refractivity contribution < 1.29 is 28.5 Å². The number of esters is 2. The molecule has 1 aliphatic rings. The van der Waals surface area contributed by atoms with Crippen LogP contribution in [0.25, 0.3) is 17.2 Å². The van der Waals surface area contributed by atoms with Gasteiger partial charge in [0.25, 0.3) is 0 Å². The molecular weight excluding hydrogens is 360 g/mol. The minimum absolute atomic E-state index is 0.0510. The molecular formula is C22H22O6. The summed E-state index contributed by atoms with van der Waals surface area (Å²) in [7, 11) is 4.11. The van der Waals surface area contributed by atoms with Crippen LogP contribution in [-0.4, -0.2) is 38.9 Å². The fourth-order valence-electron chi connectivity index (χ4n) is 3.12. The fourth-order valence-corrected chi connectivity index (χ4v) is 3.12. The Morgan fingerprint density at radius 1 is 0.929 bits per heavy atom. The number of carbonyl (C=O) groups is 2. The molecule has 0 radical (unpaired) electrons. The van der Waals surface area contributed by atoms with Gasteiger partial charge in [-0.1, -0.05) is 18.2 Å². The molecule has 6 heteroatoms. The Morgan fingerprint density at radius 3 is 2.11 bits per heavy atom. The van der Waals surface area contributed by atoms with Crippen molar-refractivity contribution in [3.05, 3.63) is 53.1 Å². The first-order valence-corrected chi connectivity index (χ1v) is 8.71. The molecule has 0 fully saturated rings. The lowest BCUT2D eigenvalue weighted by atomic mass is 9.89. The smallest absolute Gasteiger partial charge is 0.342 e. The van der Waals surface area contributed by atoms with Crippen molar-refractivity contribution in [3.8, 4) is 22.6 Å². The topological polar surface area (TPSA) is 71.1 Å². The molecule has 0 N–H and O–H groups in total. The van der Waals surface area contributed by atoms with Gasteiger partial charge >= 0.3 is 11.9 Å². The van der Waals surface area contributed by atoms with Crippen molar-refractivity contribution in [2.45, 2.75) is 19.4 Å². The molecule has 0 saturated carbocycles. The maximum atomic E-state index is 12.7. The van der Waals surface area contributed by atoms with Gasteiger partial charge in [0.1, 0.15) is 22.7 Å². The molecule has 0 aliphatic carbocycles. The van der Waals surface area contributed by atoms with Crippen LogP contribution in [0.3, 0.4) is 0 Å². The van der Waals surface area contributed by atoms with E-state index in [0.29, 0.717) is 22.6 Å². The van der Waals surface area contributed by atoms with Crippen molar-refractivity contribution in [3.63, 3.8) is 0 Å². The van der Waals surface area contributed by atoms with Crippen molar-refractivity contribution in [2.75, 3.05) is 21.3 Å². The lowest BCUT2D eigenvalue weighted by Crippen LogP contribution is -2.30. The average molecular weight is 382 g/mol. The highest BCUT2D eigenvalue weighted by molar-refractivity contribution is 6.10. The quantitative estimate of drug-likeness (QED) is 0.741. The molecule has 28 heavy (non-hydrogen) atoms. The van der Waals surface area contributed by atoms with Gasteiger partial charge < -0.3 is 18.9 Å². The minimum Gasteiger partial charge on any atom is -0.497 e. The summed E-state index contributed by atoms with van der Waals surface area (Å²) < 4.78 is 21.2. The van der Waals surface area contributed by atoms with Crippen LogP contribution >= 0.6 is 0 Å². The third kappa shape index (κ3) is 3.45. The molecule has 0 spiro atoms.